The summed E-state index contributed by atoms with van der Waals surface area (Å²) in [5.41, 5.74) is 8.99. The maximum Gasteiger partial charge on any atom is 0.164 e. The molecule has 5 heteroatoms. The van der Waals surface area contributed by atoms with Crippen molar-refractivity contribution >= 4 is 16.9 Å². The minimum Gasteiger partial charge on any atom is -0.383 e. The Bertz CT molecular complexity index is 977. The molecule has 1 unspecified atom stereocenters. The summed E-state index contributed by atoms with van der Waals surface area (Å²) in [5.74, 6) is 1.06. The summed E-state index contributed by atoms with van der Waals surface area (Å²) in [5, 5.41) is 5.28. The zero-order valence-corrected chi connectivity index (χ0v) is 13.3. The molecule has 0 saturated heterocycles. The maximum absolute atomic E-state index is 6.14. The fraction of sp³-hybridized carbons (Fsp3) is 0.105. The van der Waals surface area contributed by atoms with E-state index in [1.165, 1.54) is 5.56 Å². The van der Waals surface area contributed by atoms with Crippen LogP contribution in [-0.4, -0.2) is 19.7 Å². The van der Waals surface area contributed by atoms with Crippen molar-refractivity contribution in [2.45, 2.75) is 13.0 Å². The lowest BCUT2D eigenvalue weighted by atomic mass is 10.1. The number of hydrogen-bond donors (Lipinski definition) is 1. The molecule has 1 atom stereocenters. The van der Waals surface area contributed by atoms with Crippen molar-refractivity contribution in [2.75, 3.05) is 5.73 Å². The standard InChI is InChI=1S/C19H17N5/c1-13(14-8-4-2-5-9-14)24-19-16(12-21-24)17(20)22-18(23-19)15-10-6-3-7-11-15/h2-13H,1H3,(H2,20,22,23). The van der Waals surface area contributed by atoms with Gasteiger partial charge >= 0.3 is 0 Å². The Labute approximate surface area is 139 Å². The summed E-state index contributed by atoms with van der Waals surface area (Å²) in [4.78, 5) is 9.15. The largest absolute Gasteiger partial charge is 0.383 e. The molecule has 0 aliphatic carbocycles. The van der Waals surface area contributed by atoms with Gasteiger partial charge in [0, 0.05) is 5.56 Å². The molecular weight excluding hydrogens is 298 g/mol. The van der Waals surface area contributed by atoms with Crippen LogP contribution in [0.1, 0.15) is 18.5 Å². The van der Waals surface area contributed by atoms with E-state index in [0.29, 0.717) is 11.6 Å². The van der Waals surface area contributed by atoms with Gasteiger partial charge in [0.05, 0.1) is 17.6 Å². The van der Waals surface area contributed by atoms with Gasteiger partial charge in [-0.3, -0.25) is 0 Å². The number of nitrogens with two attached hydrogens (primary N) is 1. The second kappa shape index (κ2) is 5.77. The van der Waals surface area contributed by atoms with Crippen molar-refractivity contribution in [1.29, 1.82) is 0 Å². The molecule has 2 aromatic carbocycles. The van der Waals surface area contributed by atoms with Crippen LogP contribution in [0, 0.1) is 0 Å². The van der Waals surface area contributed by atoms with Crippen LogP contribution >= 0.6 is 0 Å². The lowest BCUT2D eigenvalue weighted by Gasteiger charge is -2.14. The highest BCUT2D eigenvalue weighted by atomic mass is 15.3. The predicted octanol–water partition coefficient (Wildman–Crippen LogP) is 3.68. The van der Waals surface area contributed by atoms with Gasteiger partial charge in [-0.1, -0.05) is 60.7 Å². The summed E-state index contributed by atoms with van der Waals surface area (Å²) in [6.07, 6.45) is 1.74. The number of fused-ring (bicyclic) bond motifs is 1. The lowest BCUT2D eigenvalue weighted by Crippen LogP contribution is -2.09. The van der Waals surface area contributed by atoms with E-state index in [4.69, 9.17) is 10.7 Å². The molecule has 0 amide bonds. The van der Waals surface area contributed by atoms with Crippen molar-refractivity contribution < 1.29 is 0 Å². The molecule has 0 fully saturated rings. The average Bonchev–Trinajstić information content (AvgIpc) is 3.07. The third-order valence-electron chi connectivity index (χ3n) is 4.16. The van der Waals surface area contributed by atoms with Gasteiger partial charge in [0.1, 0.15) is 5.82 Å². The fourth-order valence-electron chi connectivity index (χ4n) is 2.82. The first-order chi connectivity index (χ1) is 11.7. The van der Waals surface area contributed by atoms with Crippen LogP contribution < -0.4 is 5.73 Å². The second-order valence-electron chi connectivity index (χ2n) is 5.71. The van der Waals surface area contributed by atoms with Crippen LogP contribution in [0.25, 0.3) is 22.4 Å². The van der Waals surface area contributed by atoms with E-state index in [-0.39, 0.29) is 6.04 Å². The number of anilines is 1. The quantitative estimate of drug-likeness (QED) is 0.626. The van der Waals surface area contributed by atoms with E-state index in [9.17, 15) is 0 Å². The van der Waals surface area contributed by atoms with Crippen LogP contribution in [0.4, 0.5) is 5.82 Å². The number of rotatable bonds is 3. The topological polar surface area (TPSA) is 69.6 Å². The van der Waals surface area contributed by atoms with E-state index in [1.54, 1.807) is 6.20 Å². The predicted molar refractivity (Wildman–Crippen MR) is 95.4 cm³/mol. The van der Waals surface area contributed by atoms with Gasteiger partial charge in [-0.2, -0.15) is 5.10 Å². The van der Waals surface area contributed by atoms with Crippen LogP contribution in [0.15, 0.2) is 66.9 Å². The van der Waals surface area contributed by atoms with Gasteiger partial charge in [0.15, 0.2) is 11.5 Å². The van der Waals surface area contributed by atoms with Crippen molar-refractivity contribution in [1.82, 2.24) is 19.7 Å². The van der Waals surface area contributed by atoms with E-state index in [1.807, 2.05) is 53.2 Å². The smallest absolute Gasteiger partial charge is 0.164 e. The van der Waals surface area contributed by atoms with Gasteiger partial charge in [-0.15, -0.1) is 0 Å². The van der Waals surface area contributed by atoms with E-state index >= 15 is 0 Å². The van der Waals surface area contributed by atoms with E-state index < -0.39 is 0 Å². The van der Waals surface area contributed by atoms with Crippen LogP contribution in [-0.2, 0) is 0 Å². The average molecular weight is 315 g/mol. The molecule has 4 rings (SSSR count). The van der Waals surface area contributed by atoms with E-state index in [0.717, 1.165) is 16.6 Å². The second-order valence-corrected chi connectivity index (χ2v) is 5.71. The molecule has 0 saturated carbocycles. The van der Waals surface area contributed by atoms with Gasteiger partial charge in [-0.05, 0) is 12.5 Å². The Kier molecular flexibility index (Phi) is 3.46. The van der Waals surface area contributed by atoms with E-state index in [2.05, 4.69) is 29.1 Å². The van der Waals surface area contributed by atoms with Crippen LogP contribution in [0.2, 0.25) is 0 Å². The number of nitrogens with zero attached hydrogens (tertiary/aromatic N) is 4. The first kappa shape index (κ1) is 14.4. The van der Waals surface area contributed by atoms with Gasteiger partial charge in [-0.25, -0.2) is 14.6 Å². The molecule has 2 N–H and O–H groups in total. The molecule has 4 aromatic rings. The molecule has 0 aliphatic rings. The minimum atomic E-state index is 0.0571. The summed E-state index contributed by atoms with van der Waals surface area (Å²) in [6.45, 7) is 2.10. The zero-order chi connectivity index (χ0) is 16.5. The van der Waals surface area contributed by atoms with Crippen LogP contribution in [0.3, 0.4) is 0 Å². The molecular formula is C19H17N5. The minimum absolute atomic E-state index is 0.0571. The molecule has 0 aliphatic heterocycles. The van der Waals surface area contributed by atoms with Crippen LogP contribution in [0.5, 0.6) is 0 Å². The molecule has 2 heterocycles. The third kappa shape index (κ3) is 2.40. The highest BCUT2D eigenvalue weighted by molar-refractivity contribution is 5.87. The lowest BCUT2D eigenvalue weighted by molar-refractivity contribution is 0.579. The molecule has 0 spiro atoms. The molecule has 0 bridgehead atoms. The molecule has 0 radical (unpaired) electrons. The van der Waals surface area contributed by atoms with Crippen molar-refractivity contribution in [3.8, 4) is 11.4 Å². The van der Waals surface area contributed by atoms with Crippen molar-refractivity contribution in [3.63, 3.8) is 0 Å². The fourth-order valence-corrected chi connectivity index (χ4v) is 2.82. The van der Waals surface area contributed by atoms with Crippen molar-refractivity contribution in [2.24, 2.45) is 0 Å². The van der Waals surface area contributed by atoms with Gasteiger partial charge < -0.3 is 5.73 Å². The number of nitrogen functional groups attached to an aromatic ring is 1. The van der Waals surface area contributed by atoms with Crippen molar-refractivity contribution in [3.05, 3.63) is 72.4 Å². The summed E-state index contributed by atoms with van der Waals surface area (Å²) in [6, 6.07) is 20.1. The Balaban J connectivity index is 1.87. The first-order valence-electron chi connectivity index (χ1n) is 7.85. The number of benzene rings is 2. The SMILES string of the molecule is CC(c1ccccc1)n1ncc2c(N)nc(-c3ccccc3)nc21. The molecule has 24 heavy (non-hydrogen) atoms. The molecule has 5 nitrogen and oxygen atoms in total. The monoisotopic (exact) mass is 315 g/mol. The Morgan fingerprint density at radius 2 is 1.58 bits per heavy atom. The maximum atomic E-state index is 6.14. The first-order valence-corrected chi connectivity index (χ1v) is 7.85. The number of hydrogen-bond acceptors (Lipinski definition) is 4. The number of aromatic nitrogens is 4. The Hall–Kier alpha value is -3.21. The summed E-state index contributed by atoms with van der Waals surface area (Å²) >= 11 is 0. The highest BCUT2D eigenvalue weighted by Crippen LogP contribution is 2.26. The normalized spacial score (nSPS) is 12.4. The Morgan fingerprint density at radius 1 is 0.917 bits per heavy atom. The summed E-state index contributed by atoms with van der Waals surface area (Å²) in [7, 11) is 0. The van der Waals surface area contributed by atoms with Gasteiger partial charge in [0.25, 0.3) is 0 Å². The molecule has 118 valence electrons. The highest BCUT2D eigenvalue weighted by Gasteiger charge is 2.16. The zero-order valence-electron chi connectivity index (χ0n) is 13.3. The third-order valence-corrected chi connectivity index (χ3v) is 4.16. The molecule has 2 aromatic heterocycles. The van der Waals surface area contributed by atoms with Gasteiger partial charge in [0.2, 0.25) is 0 Å². The Morgan fingerprint density at radius 3 is 2.29 bits per heavy atom. The summed E-state index contributed by atoms with van der Waals surface area (Å²) < 4.78 is 1.90.